The van der Waals surface area contributed by atoms with Gasteiger partial charge >= 0.3 is 29.8 Å². The summed E-state index contributed by atoms with van der Waals surface area (Å²) in [5.74, 6) is -7.15. The van der Waals surface area contributed by atoms with Crippen molar-refractivity contribution in [1.82, 2.24) is 15.1 Å². The van der Waals surface area contributed by atoms with Gasteiger partial charge in [-0.05, 0) is 18.9 Å². The van der Waals surface area contributed by atoms with E-state index in [0.29, 0.717) is 0 Å². The van der Waals surface area contributed by atoms with Crippen LogP contribution in [0, 0.1) is 5.92 Å². The SMILES string of the molecule is CC(CCNCC(=O)O)C(N(CC(=O)O)CC(=O)O)N(CC(=O)O)CC(=O)O. The van der Waals surface area contributed by atoms with Crippen LogP contribution in [0.25, 0.3) is 0 Å². The summed E-state index contributed by atoms with van der Waals surface area (Å²) in [6.45, 7) is -1.61. The van der Waals surface area contributed by atoms with Gasteiger partial charge in [0, 0.05) is 0 Å². The fraction of sp³-hybridized carbons (Fsp3) is 0.667. The van der Waals surface area contributed by atoms with Gasteiger partial charge in [0.15, 0.2) is 0 Å². The summed E-state index contributed by atoms with van der Waals surface area (Å²) in [5.41, 5.74) is 0. The van der Waals surface area contributed by atoms with E-state index in [9.17, 15) is 24.0 Å². The Morgan fingerprint density at radius 2 is 1.07 bits per heavy atom. The number of carboxylic acids is 5. The lowest BCUT2D eigenvalue weighted by Crippen LogP contribution is -2.57. The van der Waals surface area contributed by atoms with Crippen LogP contribution in [-0.2, 0) is 24.0 Å². The molecule has 0 aromatic carbocycles. The number of nitrogens with zero attached hydrogens (tertiary/aromatic N) is 2. The molecule has 160 valence electrons. The molecule has 0 aromatic rings. The molecule has 28 heavy (non-hydrogen) atoms. The Bertz CT molecular complexity index is 514. The van der Waals surface area contributed by atoms with Gasteiger partial charge in [-0.2, -0.15) is 0 Å². The molecule has 0 heterocycles. The summed E-state index contributed by atoms with van der Waals surface area (Å²) in [6, 6.07) is 0. The molecule has 0 bridgehead atoms. The topological polar surface area (TPSA) is 205 Å². The van der Waals surface area contributed by atoms with Crippen molar-refractivity contribution >= 4 is 29.8 Å². The lowest BCUT2D eigenvalue weighted by Gasteiger charge is -2.40. The molecule has 1 unspecified atom stereocenters. The normalized spacial score (nSPS) is 12.3. The molecule has 0 rings (SSSR count). The molecular weight excluding hydrogens is 382 g/mol. The molecule has 0 aliphatic carbocycles. The van der Waals surface area contributed by atoms with E-state index in [0.717, 1.165) is 9.80 Å². The third-order valence-electron chi connectivity index (χ3n) is 3.66. The second-order valence-corrected chi connectivity index (χ2v) is 6.14. The minimum absolute atomic E-state index is 0.159. The first-order valence-electron chi connectivity index (χ1n) is 8.21. The lowest BCUT2D eigenvalue weighted by molar-refractivity contribution is -0.150. The second kappa shape index (κ2) is 12.6. The monoisotopic (exact) mass is 407 g/mol. The maximum Gasteiger partial charge on any atom is 0.317 e. The fourth-order valence-electron chi connectivity index (χ4n) is 2.81. The zero-order valence-corrected chi connectivity index (χ0v) is 15.3. The second-order valence-electron chi connectivity index (χ2n) is 6.14. The minimum atomic E-state index is -1.37. The molecule has 0 radical (unpaired) electrons. The average molecular weight is 407 g/mol. The Morgan fingerprint density at radius 3 is 1.36 bits per heavy atom. The molecule has 0 aliphatic heterocycles. The Labute approximate surface area is 160 Å². The molecular formula is C15H25N3O10. The van der Waals surface area contributed by atoms with Crippen molar-refractivity contribution < 1.29 is 49.5 Å². The summed E-state index contributed by atoms with van der Waals surface area (Å²) >= 11 is 0. The third kappa shape index (κ3) is 11.1. The van der Waals surface area contributed by atoms with E-state index < -0.39 is 68.1 Å². The Balaban J connectivity index is 5.67. The van der Waals surface area contributed by atoms with E-state index in [1.165, 1.54) is 0 Å². The summed E-state index contributed by atoms with van der Waals surface area (Å²) in [7, 11) is 0. The van der Waals surface area contributed by atoms with Gasteiger partial charge < -0.3 is 30.8 Å². The van der Waals surface area contributed by atoms with Crippen molar-refractivity contribution in [2.24, 2.45) is 5.92 Å². The first-order valence-corrected chi connectivity index (χ1v) is 8.21. The molecule has 13 heteroatoms. The third-order valence-corrected chi connectivity index (χ3v) is 3.66. The van der Waals surface area contributed by atoms with Crippen LogP contribution in [0.5, 0.6) is 0 Å². The highest BCUT2D eigenvalue weighted by Gasteiger charge is 2.34. The van der Waals surface area contributed by atoms with Crippen molar-refractivity contribution in [1.29, 1.82) is 0 Å². The highest BCUT2D eigenvalue weighted by atomic mass is 16.4. The Hall–Kier alpha value is -2.77. The molecule has 13 nitrogen and oxygen atoms in total. The van der Waals surface area contributed by atoms with Gasteiger partial charge in [-0.1, -0.05) is 6.92 Å². The standard InChI is InChI=1S/C15H25N3O10/c1-9(2-3-16-4-10(19)20)15(17(5-11(21)22)6-12(23)24)18(7-13(25)26)8-14(27)28/h9,15-16H,2-8H2,1H3,(H,19,20)(H,21,22)(H,23,24)(H,25,26)(H,27,28). The molecule has 0 aromatic heterocycles. The number of rotatable bonds is 16. The highest BCUT2D eigenvalue weighted by Crippen LogP contribution is 2.19. The van der Waals surface area contributed by atoms with Crippen molar-refractivity contribution in [3.8, 4) is 0 Å². The first-order chi connectivity index (χ1) is 12.9. The fourth-order valence-corrected chi connectivity index (χ4v) is 2.81. The number of carboxylic acid groups (broad SMARTS) is 5. The van der Waals surface area contributed by atoms with Gasteiger partial charge in [-0.3, -0.25) is 33.8 Å². The molecule has 0 saturated heterocycles. The molecule has 0 amide bonds. The van der Waals surface area contributed by atoms with E-state index >= 15 is 0 Å². The molecule has 0 saturated carbocycles. The van der Waals surface area contributed by atoms with Gasteiger partial charge in [0.1, 0.15) is 0 Å². The van der Waals surface area contributed by atoms with E-state index in [4.69, 9.17) is 25.5 Å². The Morgan fingerprint density at radius 1 is 0.714 bits per heavy atom. The van der Waals surface area contributed by atoms with Gasteiger partial charge in [-0.25, -0.2) is 0 Å². The number of hydrogen-bond donors (Lipinski definition) is 6. The Kier molecular flexibility index (Phi) is 11.3. The van der Waals surface area contributed by atoms with Crippen LogP contribution in [0.2, 0.25) is 0 Å². The van der Waals surface area contributed by atoms with Crippen molar-refractivity contribution in [3.05, 3.63) is 0 Å². The van der Waals surface area contributed by atoms with Crippen molar-refractivity contribution in [2.75, 3.05) is 39.3 Å². The predicted octanol–water partition coefficient (Wildman–Crippen LogP) is -2.04. The number of nitrogens with one attached hydrogen (secondary N) is 1. The van der Waals surface area contributed by atoms with Crippen molar-refractivity contribution in [3.63, 3.8) is 0 Å². The van der Waals surface area contributed by atoms with Crippen LogP contribution in [0.3, 0.4) is 0 Å². The summed E-state index contributed by atoms with van der Waals surface area (Å²) in [5, 5.41) is 47.6. The van der Waals surface area contributed by atoms with Gasteiger partial charge in [-0.15, -0.1) is 0 Å². The minimum Gasteiger partial charge on any atom is -0.480 e. The van der Waals surface area contributed by atoms with E-state index in [1.807, 2.05) is 0 Å². The smallest absolute Gasteiger partial charge is 0.317 e. The quantitative estimate of drug-likeness (QED) is 0.121. The number of aliphatic carboxylic acids is 5. The van der Waals surface area contributed by atoms with Gasteiger partial charge in [0.2, 0.25) is 0 Å². The first kappa shape index (κ1) is 25.2. The van der Waals surface area contributed by atoms with E-state index in [1.54, 1.807) is 6.92 Å². The molecule has 0 fully saturated rings. The molecule has 0 aliphatic rings. The number of hydrogen-bond acceptors (Lipinski definition) is 8. The molecule has 6 N–H and O–H groups in total. The maximum atomic E-state index is 11.2. The summed E-state index contributed by atoms with van der Waals surface area (Å²) in [4.78, 5) is 57.1. The summed E-state index contributed by atoms with van der Waals surface area (Å²) in [6.07, 6.45) is -0.922. The van der Waals surface area contributed by atoms with Crippen LogP contribution in [-0.4, -0.2) is 111 Å². The molecule has 0 spiro atoms. The number of carbonyl (C=O) groups is 5. The highest BCUT2D eigenvalue weighted by molar-refractivity contribution is 5.74. The van der Waals surface area contributed by atoms with Crippen LogP contribution in [0.4, 0.5) is 0 Å². The maximum absolute atomic E-state index is 11.2. The van der Waals surface area contributed by atoms with Crippen LogP contribution < -0.4 is 5.32 Å². The predicted molar refractivity (Wildman–Crippen MR) is 91.8 cm³/mol. The van der Waals surface area contributed by atoms with Gasteiger partial charge in [0.05, 0.1) is 38.9 Å². The largest absolute Gasteiger partial charge is 0.480 e. The van der Waals surface area contributed by atoms with E-state index in [-0.39, 0.29) is 19.5 Å². The summed E-state index contributed by atoms with van der Waals surface area (Å²) < 4.78 is 0. The zero-order valence-electron chi connectivity index (χ0n) is 15.3. The zero-order chi connectivity index (χ0) is 21.9. The lowest BCUT2D eigenvalue weighted by atomic mass is 10.0. The van der Waals surface area contributed by atoms with Crippen LogP contribution in [0.1, 0.15) is 13.3 Å². The van der Waals surface area contributed by atoms with Crippen molar-refractivity contribution in [2.45, 2.75) is 19.5 Å². The van der Waals surface area contributed by atoms with Crippen LogP contribution >= 0.6 is 0 Å². The van der Waals surface area contributed by atoms with E-state index in [2.05, 4.69) is 5.32 Å². The molecule has 1 atom stereocenters. The average Bonchev–Trinajstić information content (AvgIpc) is 2.48. The van der Waals surface area contributed by atoms with Gasteiger partial charge in [0.25, 0.3) is 0 Å². The van der Waals surface area contributed by atoms with Crippen LogP contribution in [0.15, 0.2) is 0 Å².